The number of hydrogen-bond donors (Lipinski definition) is 1. The van der Waals surface area contributed by atoms with Gasteiger partial charge in [-0.3, -0.25) is 0 Å². The molecule has 0 unspecified atom stereocenters. The molecular formula is C10H14BrNOS. The Balaban J connectivity index is 2.67. The third-order valence-corrected chi connectivity index (χ3v) is 3.27. The fraction of sp³-hybridized carbons (Fsp3) is 0.400. The van der Waals surface area contributed by atoms with Gasteiger partial charge in [-0.15, -0.1) is 11.8 Å². The maximum absolute atomic E-state index is 5.27. The summed E-state index contributed by atoms with van der Waals surface area (Å²) >= 11 is 5.24. The highest BCUT2D eigenvalue weighted by Gasteiger charge is 2.03. The van der Waals surface area contributed by atoms with E-state index in [0.717, 1.165) is 22.5 Å². The van der Waals surface area contributed by atoms with Gasteiger partial charge >= 0.3 is 0 Å². The van der Waals surface area contributed by atoms with E-state index >= 15 is 0 Å². The summed E-state index contributed by atoms with van der Waals surface area (Å²) in [5, 5.41) is 3.12. The van der Waals surface area contributed by atoms with E-state index in [1.165, 1.54) is 4.90 Å². The number of halogens is 1. The predicted octanol–water partition coefficient (Wildman–Crippen LogP) is 2.77. The van der Waals surface area contributed by atoms with Crippen molar-refractivity contribution in [2.45, 2.75) is 4.90 Å². The fourth-order valence-corrected chi connectivity index (χ4v) is 2.57. The minimum atomic E-state index is 0.939. The first-order valence-electron chi connectivity index (χ1n) is 4.39. The van der Waals surface area contributed by atoms with Crippen LogP contribution in [0.25, 0.3) is 0 Å². The van der Waals surface area contributed by atoms with Gasteiger partial charge in [-0.05, 0) is 25.2 Å². The number of thioether (sulfide) groups is 1. The van der Waals surface area contributed by atoms with E-state index in [0.29, 0.717) is 0 Å². The van der Waals surface area contributed by atoms with Crippen molar-refractivity contribution in [2.75, 3.05) is 26.5 Å². The molecule has 14 heavy (non-hydrogen) atoms. The summed E-state index contributed by atoms with van der Waals surface area (Å²) in [6.45, 7) is 1.00. The maximum Gasteiger partial charge on any atom is 0.132 e. The van der Waals surface area contributed by atoms with Gasteiger partial charge in [0.25, 0.3) is 0 Å². The lowest BCUT2D eigenvalue weighted by molar-refractivity contribution is 0.404. The molecule has 0 fully saturated rings. The molecule has 0 saturated heterocycles. The highest BCUT2D eigenvalue weighted by molar-refractivity contribution is 9.10. The van der Waals surface area contributed by atoms with Crippen LogP contribution in [-0.4, -0.2) is 26.5 Å². The molecule has 0 aliphatic heterocycles. The molecule has 1 aromatic carbocycles. The first-order chi connectivity index (χ1) is 6.77. The van der Waals surface area contributed by atoms with Gasteiger partial charge in [0.15, 0.2) is 0 Å². The van der Waals surface area contributed by atoms with Crippen LogP contribution in [0.4, 0.5) is 0 Å². The molecule has 1 rings (SSSR count). The van der Waals surface area contributed by atoms with Crippen molar-refractivity contribution in [3.8, 4) is 5.75 Å². The minimum absolute atomic E-state index is 0.939. The van der Waals surface area contributed by atoms with Gasteiger partial charge in [-0.25, -0.2) is 0 Å². The van der Waals surface area contributed by atoms with Gasteiger partial charge in [0.2, 0.25) is 0 Å². The van der Waals surface area contributed by atoms with E-state index in [-0.39, 0.29) is 0 Å². The summed E-state index contributed by atoms with van der Waals surface area (Å²) < 4.78 is 6.36. The smallest absolute Gasteiger partial charge is 0.132 e. The Hall–Kier alpha value is -0.190. The summed E-state index contributed by atoms with van der Waals surface area (Å²) in [6.07, 6.45) is 0. The van der Waals surface area contributed by atoms with Crippen LogP contribution in [0.1, 0.15) is 0 Å². The average Bonchev–Trinajstić information content (AvgIpc) is 2.19. The molecule has 0 heterocycles. The molecular weight excluding hydrogens is 262 g/mol. The second-order valence-corrected chi connectivity index (χ2v) is 4.80. The van der Waals surface area contributed by atoms with Crippen LogP contribution >= 0.6 is 27.7 Å². The third kappa shape index (κ3) is 3.52. The summed E-state index contributed by atoms with van der Waals surface area (Å²) in [4.78, 5) is 1.18. The topological polar surface area (TPSA) is 21.3 Å². The molecule has 1 N–H and O–H groups in total. The fourth-order valence-electron chi connectivity index (χ4n) is 1.03. The van der Waals surface area contributed by atoms with Crippen molar-refractivity contribution in [1.82, 2.24) is 5.32 Å². The van der Waals surface area contributed by atoms with Crippen LogP contribution in [0, 0.1) is 0 Å². The van der Waals surface area contributed by atoms with E-state index in [1.54, 1.807) is 18.9 Å². The monoisotopic (exact) mass is 275 g/mol. The number of ether oxygens (including phenoxy) is 1. The Morgan fingerprint density at radius 3 is 2.93 bits per heavy atom. The normalized spacial score (nSPS) is 10.2. The van der Waals surface area contributed by atoms with E-state index in [1.807, 2.05) is 19.2 Å². The van der Waals surface area contributed by atoms with Gasteiger partial charge in [0.05, 0.1) is 12.0 Å². The Morgan fingerprint density at radius 2 is 2.29 bits per heavy atom. The first kappa shape index (κ1) is 11.9. The Bertz CT molecular complexity index is 293. The van der Waals surface area contributed by atoms with Crippen LogP contribution < -0.4 is 10.1 Å². The summed E-state index contributed by atoms with van der Waals surface area (Å²) in [5.74, 6) is 1.98. The lowest BCUT2D eigenvalue weighted by atomic mass is 10.3. The summed E-state index contributed by atoms with van der Waals surface area (Å²) in [6, 6.07) is 6.05. The standard InChI is InChI=1S/C10H14BrNOS/c1-12-5-6-14-10-7-8(11)3-4-9(10)13-2/h3-4,7,12H,5-6H2,1-2H3. The zero-order valence-corrected chi connectivity index (χ0v) is 10.7. The molecule has 0 amide bonds. The zero-order valence-electron chi connectivity index (χ0n) is 8.34. The molecule has 2 nitrogen and oxygen atoms in total. The maximum atomic E-state index is 5.27. The van der Waals surface area contributed by atoms with Gasteiger partial charge < -0.3 is 10.1 Å². The Labute approximate surface area is 97.5 Å². The Kier molecular flexibility index (Phi) is 5.37. The van der Waals surface area contributed by atoms with Gasteiger partial charge in [0, 0.05) is 16.8 Å². The van der Waals surface area contributed by atoms with Gasteiger partial charge in [0.1, 0.15) is 5.75 Å². The second-order valence-electron chi connectivity index (χ2n) is 2.75. The molecule has 0 atom stereocenters. The SMILES string of the molecule is CNCCSc1cc(Br)ccc1OC. The van der Waals surface area contributed by atoms with E-state index in [9.17, 15) is 0 Å². The third-order valence-electron chi connectivity index (χ3n) is 1.74. The van der Waals surface area contributed by atoms with Gasteiger partial charge in [-0.2, -0.15) is 0 Å². The summed E-state index contributed by atoms with van der Waals surface area (Å²) in [7, 11) is 3.66. The molecule has 4 heteroatoms. The lowest BCUT2D eigenvalue weighted by Crippen LogP contribution is -2.09. The molecule has 0 aromatic heterocycles. The van der Waals surface area contributed by atoms with Crippen LogP contribution in [0.3, 0.4) is 0 Å². The van der Waals surface area contributed by atoms with Crippen molar-refractivity contribution < 1.29 is 4.74 Å². The van der Waals surface area contributed by atoms with Crippen LogP contribution in [0.15, 0.2) is 27.6 Å². The van der Waals surface area contributed by atoms with E-state index in [4.69, 9.17) is 4.74 Å². The molecule has 0 saturated carbocycles. The number of methoxy groups -OCH3 is 1. The zero-order chi connectivity index (χ0) is 10.4. The summed E-state index contributed by atoms with van der Waals surface area (Å²) in [5.41, 5.74) is 0. The molecule has 0 bridgehead atoms. The van der Waals surface area contributed by atoms with E-state index < -0.39 is 0 Å². The highest BCUT2D eigenvalue weighted by Crippen LogP contribution is 2.31. The molecule has 1 aromatic rings. The van der Waals surface area contributed by atoms with Crippen molar-refractivity contribution in [2.24, 2.45) is 0 Å². The van der Waals surface area contributed by atoms with Crippen molar-refractivity contribution in [3.63, 3.8) is 0 Å². The number of hydrogen-bond acceptors (Lipinski definition) is 3. The van der Waals surface area contributed by atoms with Crippen LogP contribution in [-0.2, 0) is 0 Å². The first-order valence-corrected chi connectivity index (χ1v) is 6.16. The quantitative estimate of drug-likeness (QED) is 0.660. The molecule has 0 radical (unpaired) electrons. The van der Waals surface area contributed by atoms with Crippen molar-refractivity contribution >= 4 is 27.7 Å². The molecule has 78 valence electrons. The minimum Gasteiger partial charge on any atom is -0.496 e. The lowest BCUT2D eigenvalue weighted by Gasteiger charge is -2.08. The van der Waals surface area contributed by atoms with Crippen LogP contribution in [0.2, 0.25) is 0 Å². The van der Waals surface area contributed by atoms with Crippen molar-refractivity contribution in [1.29, 1.82) is 0 Å². The number of benzene rings is 1. The van der Waals surface area contributed by atoms with Crippen LogP contribution in [0.5, 0.6) is 5.75 Å². The average molecular weight is 276 g/mol. The molecule has 0 aliphatic carbocycles. The van der Waals surface area contributed by atoms with Gasteiger partial charge in [-0.1, -0.05) is 15.9 Å². The Morgan fingerprint density at radius 1 is 1.50 bits per heavy atom. The number of nitrogens with one attached hydrogen (secondary N) is 1. The number of rotatable bonds is 5. The predicted molar refractivity (Wildman–Crippen MR) is 65.3 cm³/mol. The second kappa shape index (κ2) is 6.32. The molecule has 0 aliphatic rings. The largest absolute Gasteiger partial charge is 0.496 e. The highest BCUT2D eigenvalue weighted by atomic mass is 79.9. The molecule has 0 spiro atoms. The van der Waals surface area contributed by atoms with Crippen molar-refractivity contribution in [3.05, 3.63) is 22.7 Å². The van der Waals surface area contributed by atoms with E-state index in [2.05, 4.69) is 27.3 Å².